The van der Waals surface area contributed by atoms with Crippen LogP contribution in [-0.2, 0) is 11.3 Å². The Kier molecular flexibility index (Phi) is 7.77. The molecular weight excluding hydrogens is 416 g/mol. The number of nitrogens with zero attached hydrogens (tertiary/aromatic N) is 3. The summed E-state index contributed by atoms with van der Waals surface area (Å²) < 4.78 is 18.4. The maximum absolute atomic E-state index is 12.4. The third kappa shape index (κ3) is 5.69. The normalized spacial score (nSPS) is 11.6. The van der Waals surface area contributed by atoms with Crippen LogP contribution in [0.2, 0.25) is 0 Å². The number of benzene rings is 2. The van der Waals surface area contributed by atoms with Crippen molar-refractivity contribution in [3.63, 3.8) is 0 Å². The number of carbonyl (C=O) groups excluding carboxylic acids is 1. The summed E-state index contributed by atoms with van der Waals surface area (Å²) in [7, 11) is 3.12. The van der Waals surface area contributed by atoms with Gasteiger partial charge in [-0.3, -0.25) is 4.79 Å². The molecule has 2 aromatic carbocycles. The number of thioether (sulfide) groups is 1. The van der Waals surface area contributed by atoms with Crippen LogP contribution < -0.4 is 19.5 Å². The Morgan fingerprint density at radius 2 is 1.84 bits per heavy atom. The number of ether oxygens (including phenoxy) is 3. The SMILES string of the molecule is CCn1c(SCC(=O)Nc2ccc(OC)c(OC)c2)nnc1[C@H](C)Oc1ccccc1. The van der Waals surface area contributed by atoms with Gasteiger partial charge in [-0.15, -0.1) is 10.2 Å². The van der Waals surface area contributed by atoms with Gasteiger partial charge in [-0.25, -0.2) is 0 Å². The highest BCUT2D eigenvalue weighted by molar-refractivity contribution is 7.99. The highest BCUT2D eigenvalue weighted by Gasteiger charge is 2.19. The molecule has 0 aliphatic carbocycles. The lowest BCUT2D eigenvalue weighted by molar-refractivity contribution is -0.113. The van der Waals surface area contributed by atoms with E-state index < -0.39 is 0 Å². The minimum Gasteiger partial charge on any atom is -0.493 e. The molecule has 1 atom stereocenters. The fourth-order valence-electron chi connectivity index (χ4n) is 3.00. The van der Waals surface area contributed by atoms with Crippen LogP contribution in [0.25, 0.3) is 0 Å². The van der Waals surface area contributed by atoms with Gasteiger partial charge in [0.05, 0.1) is 20.0 Å². The van der Waals surface area contributed by atoms with Crippen LogP contribution in [0.4, 0.5) is 5.69 Å². The summed E-state index contributed by atoms with van der Waals surface area (Å²) in [5.74, 6) is 2.68. The molecular formula is C22H26N4O4S. The third-order valence-corrected chi connectivity index (χ3v) is 5.45. The summed E-state index contributed by atoms with van der Waals surface area (Å²) in [5.41, 5.74) is 0.630. The van der Waals surface area contributed by atoms with Crippen molar-refractivity contribution in [2.45, 2.75) is 31.7 Å². The van der Waals surface area contributed by atoms with E-state index in [2.05, 4.69) is 15.5 Å². The van der Waals surface area contributed by atoms with Crippen LogP contribution in [0.5, 0.6) is 17.2 Å². The molecule has 9 heteroatoms. The molecule has 0 unspecified atom stereocenters. The number of amides is 1. The first-order chi connectivity index (χ1) is 15.0. The number of hydrogen-bond acceptors (Lipinski definition) is 7. The van der Waals surface area contributed by atoms with Gasteiger partial charge in [0, 0.05) is 18.3 Å². The highest BCUT2D eigenvalue weighted by atomic mass is 32.2. The predicted octanol–water partition coefficient (Wildman–Crippen LogP) is 4.19. The van der Waals surface area contributed by atoms with Gasteiger partial charge >= 0.3 is 0 Å². The molecule has 31 heavy (non-hydrogen) atoms. The molecule has 1 amide bonds. The van der Waals surface area contributed by atoms with E-state index in [1.54, 1.807) is 32.4 Å². The number of para-hydroxylation sites is 1. The van der Waals surface area contributed by atoms with Crippen molar-refractivity contribution in [3.8, 4) is 17.2 Å². The fourth-order valence-corrected chi connectivity index (χ4v) is 3.81. The Morgan fingerprint density at radius 1 is 1.10 bits per heavy atom. The van der Waals surface area contributed by atoms with Crippen LogP contribution >= 0.6 is 11.8 Å². The second kappa shape index (κ2) is 10.7. The average molecular weight is 443 g/mol. The molecule has 1 heterocycles. The molecule has 0 fully saturated rings. The summed E-state index contributed by atoms with van der Waals surface area (Å²) in [6.45, 7) is 4.61. The van der Waals surface area contributed by atoms with Crippen molar-refractivity contribution in [1.82, 2.24) is 14.8 Å². The van der Waals surface area contributed by atoms with Crippen LogP contribution in [0.15, 0.2) is 53.7 Å². The molecule has 0 radical (unpaired) electrons. The Hall–Kier alpha value is -3.20. The van der Waals surface area contributed by atoms with Gasteiger partial charge < -0.3 is 24.1 Å². The van der Waals surface area contributed by atoms with E-state index >= 15 is 0 Å². The van der Waals surface area contributed by atoms with E-state index in [9.17, 15) is 4.79 Å². The predicted molar refractivity (Wildman–Crippen MR) is 120 cm³/mol. The lowest BCUT2D eigenvalue weighted by atomic mass is 10.2. The lowest BCUT2D eigenvalue weighted by Crippen LogP contribution is -2.15. The zero-order chi connectivity index (χ0) is 22.2. The number of aromatic nitrogens is 3. The molecule has 1 aromatic heterocycles. The first-order valence-corrected chi connectivity index (χ1v) is 10.8. The van der Waals surface area contributed by atoms with Crippen molar-refractivity contribution >= 4 is 23.4 Å². The molecule has 164 valence electrons. The highest BCUT2D eigenvalue weighted by Crippen LogP contribution is 2.30. The molecule has 0 aliphatic rings. The Balaban J connectivity index is 1.62. The lowest BCUT2D eigenvalue weighted by Gasteiger charge is -2.15. The van der Waals surface area contributed by atoms with Crippen molar-refractivity contribution in [1.29, 1.82) is 0 Å². The quantitative estimate of drug-likeness (QED) is 0.471. The van der Waals surface area contributed by atoms with Gasteiger partial charge in [-0.05, 0) is 38.1 Å². The largest absolute Gasteiger partial charge is 0.493 e. The van der Waals surface area contributed by atoms with E-state index in [1.165, 1.54) is 11.8 Å². The van der Waals surface area contributed by atoms with Crippen molar-refractivity contribution in [2.75, 3.05) is 25.3 Å². The van der Waals surface area contributed by atoms with Gasteiger partial charge in [-0.1, -0.05) is 30.0 Å². The van der Waals surface area contributed by atoms with Crippen LogP contribution in [0.3, 0.4) is 0 Å². The molecule has 3 aromatic rings. The van der Waals surface area contributed by atoms with Crippen molar-refractivity contribution in [2.24, 2.45) is 0 Å². The Bertz CT molecular complexity index is 1010. The Morgan fingerprint density at radius 3 is 2.52 bits per heavy atom. The standard InChI is InChI=1S/C22H26N4O4S/c1-5-26-21(15(2)30-17-9-7-6-8-10-17)24-25-22(26)31-14-20(27)23-16-11-12-18(28-3)19(13-16)29-4/h6-13,15H,5,14H2,1-4H3,(H,23,27)/t15-/m0/s1. The van der Waals surface area contributed by atoms with E-state index in [1.807, 2.05) is 48.7 Å². The second-order valence-corrected chi connectivity index (χ2v) is 7.51. The topological polar surface area (TPSA) is 87.5 Å². The molecule has 1 N–H and O–H groups in total. The molecule has 8 nitrogen and oxygen atoms in total. The van der Waals surface area contributed by atoms with Crippen LogP contribution in [0, 0.1) is 0 Å². The average Bonchev–Trinajstić information content (AvgIpc) is 3.21. The summed E-state index contributed by atoms with van der Waals surface area (Å²) in [6, 6.07) is 14.8. The zero-order valence-corrected chi connectivity index (χ0v) is 18.8. The zero-order valence-electron chi connectivity index (χ0n) is 18.0. The number of methoxy groups -OCH3 is 2. The maximum Gasteiger partial charge on any atom is 0.234 e. The van der Waals surface area contributed by atoms with Gasteiger partial charge in [0.25, 0.3) is 0 Å². The van der Waals surface area contributed by atoms with E-state index in [4.69, 9.17) is 14.2 Å². The third-order valence-electron chi connectivity index (χ3n) is 4.48. The smallest absolute Gasteiger partial charge is 0.234 e. The minimum atomic E-state index is -0.273. The number of nitrogens with one attached hydrogen (secondary N) is 1. The Labute approximate surface area is 185 Å². The van der Waals surface area contributed by atoms with E-state index in [-0.39, 0.29) is 17.8 Å². The summed E-state index contributed by atoms with van der Waals surface area (Å²) in [5, 5.41) is 12.1. The minimum absolute atomic E-state index is 0.155. The van der Waals surface area contributed by atoms with Crippen molar-refractivity contribution in [3.05, 3.63) is 54.4 Å². The second-order valence-electron chi connectivity index (χ2n) is 6.56. The summed E-state index contributed by atoms with van der Waals surface area (Å²) >= 11 is 1.33. The van der Waals surface area contributed by atoms with Crippen LogP contribution in [0.1, 0.15) is 25.8 Å². The monoisotopic (exact) mass is 442 g/mol. The van der Waals surface area contributed by atoms with Crippen LogP contribution in [-0.4, -0.2) is 40.6 Å². The number of anilines is 1. The van der Waals surface area contributed by atoms with Gasteiger partial charge in [0.15, 0.2) is 28.6 Å². The van der Waals surface area contributed by atoms with Crippen molar-refractivity contribution < 1.29 is 19.0 Å². The van der Waals surface area contributed by atoms with E-state index in [0.29, 0.717) is 34.7 Å². The molecule has 3 rings (SSSR count). The molecule has 0 saturated heterocycles. The van der Waals surface area contributed by atoms with Gasteiger partial charge in [-0.2, -0.15) is 0 Å². The molecule has 0 bridgehead atoms. The van der Waals surface area contributed by atoms with Gasteiger partial charge in [0.1, 0.15) is 5.75 Å². The molecule has 0 spiro atoms. The first-order valence-electron chi connectivity index (χ1n) is 9.85. The molecule has 0 aliphatic heterocycles. The molecule has 0 saturated carbocycles. The van der Waals surface area contributed by atoms with Gasteiger partial charge in [0.2, 0.25) is 5.91 Å². The number of rotatable bonds is 10. The fraction of sp³-hybridized carbons (Fsp3) is 0.318. The maximum atomic E-state index is 12.4. The number of hydrogen-bond donors (Lipinski definition) is 1. The summed E-state index contributed by atoms with van der Waals surface area (Å²) in [6.07, 6.45) is -0.273. The number of carbonyl (C=O) groups is 1. The van der Waals surface area contributed by atoms with E-state index in [0.717, 1.165) is 5.75 Å². The first kappa shape index (κ1) is 22.5. The summed E-state index contributed by atoms with van der Waals surface area (Å²) in [4.78, 5) is 12.4.